The molecule has 8 heteroatoms. The molecule has 6 nitrogen and oxygen atoms in total. The fraction of sp³-hybridized carbons (Fsp3) is 0.300. The highest BCUT2D eigenvalue weighted by Crippen LogP contribution is 2.22. The van der Waals surface area contributed by atoms with Gasteiger partial charge in [0.25, 0.3) is 0 Å². The van der Waals surface area contributed by atoms with E-state index in [-0.39, 0.29) is 22.2 Å². The first kappa shape index (κ1) is 20.3. The number of sulfonamides is 1. The Morgan fingerprint density at radius 3 is 2.43 bits per heavy atom. The van der Waals surface area contributed by atoms with Crippen LogP contribution in [0.25, 0.3) is 0 Å². The molecule has 0 radical (unpaired) electrons. The number of rotatable bonds is 6. The Morgan fingerprint density at radius 1 is 1.14 bits per heavy atom. The molecule has 146 valence electrons. The third-order valence-corrected chi connectivity index (χ3v) is 6.87. The van der Waals surface area contributed by atoms with Crippen LogP contribution in [0.15, 0.2) is 47.4 Å². The number of nitriles is 1. The average Bonchev–Trinajstić information content (AvgIpc) is 3.23. The maximum Gasteiger partial charge on any atom is 0.243 e. The van der Waals surface area contributed by atoms with Crippen LogP contribution in [0.5, 0.6) is 0 Å². The van der Waals surface area contributed by atoms with Crippen LogP contribution in [-0.4, -0.2) is 31.7 Å². The van der Waals surface area contributed by atoms with Gasteiger partial charge in [-0.25, -0.2) is 8.42 Å². The molecule has 2 aromatic rings. The van der Waals surface area contributed by atoms with E-state index in [0.717, 1.165) is 18.4 Å². The highest BCUT2D eigenvalue weighted by molar-refractivity contribution is 7.89. The monoisotopic (exact) mass is 417 g/mol. The lowest BCUT2D eigenvalue weighted by molar-refractivity contribution is -0.116. The molecule has 0 spiro atoms. The molecule has 0 bridgehead atoms. The second-order valence-corrected chi connectivity index (χ2v) is 8.95. The summed E-state index contributed by atoms with van der Waals surface area (Å²) in [5, 5.41) is 11.9. The minimum atomic E-state index is -3.42. The molecule has 0 unspecified atom stereocenters. The molecule has 2 aromatic carbocycles. The third kappa shape index (κ3) is 4.71. The third-order valence-electron chi connectivity index (χ3n) is 4.64. The number of hydrogen-bond donors (Lipinski definition) is 1. The summed E-state index contributed by atoms with van der Waals surface area (Å²) < 4.78 is 26.6. The number of halogens is 1. The van der Waals surface area contributed by atoms with Gasteiger partial charge in [-0.2, -0.15) is 9.57 Å². The topological polar surface area (TPSA) is 90.3 Å². The van der Waals surface area contributed by atoms with Crippen molar-refractivity contribution >= 4 is 33.2 Å². The molecule has 0 aromatic heterocycles. The van der Waals surface area contributed by atoms with Crippen molar-refractivity contribution in [1.29, 1.82) is 5.26 Å². The van der Waals surface area contributed by atoms with Gasteiger partial charge >= 0.3 is 0 Å². The molecule has 0 aliphatic carbocycles. The van der Waals surface area contributed by atoms with E-state index in [1.54, 1.807) is 36.4 Å². The van der Waals surface area contributed by atoms with Crippen molar-refractivity contribution in [1.82, 2.24) is 4.31 Å². The number of hydrogen-bond acceptors (Lipinski definition) is 4. The fourth-order valence-corrected chi connectivity index (χ4v) is 4.81. The van der Waals surface area contributed by atoms with Gasteiger partial charge in [0.05, 0.1) is 15.5 Å². The fourth-order valence-electron chi connectivity index (χ4n) is 3.07. The minimum Gasteiger partial charge on any atom is -0.326 e. The van der Waals surface area contributed by atoms with Crippen molar-refractivity contribution in [3.05, 3.63) is 58.6 Å². The maximum absolute atomic E-state index is 12.5. The summed E-state index contributed by atoms with van der Waals surface area (Å²) in [6.07, 6.45) is 2.53. The first-order valence-corrected chi connectivity index (χ1v) is 10.8. The maximum atomic E-state index is 12.5. The van der Waals surface area contributed by atoms with Crippen molar-refractivity contribution in [2.45, 2.75) is 30.6 Å². The summed E-state index contributed by atoms with van der Waals surface area (Å²) in [6, 6.07) is 13.4. The SMILES string of the molecule is N#Cc1ccc(NC(=O)CCc2ccc(S(=O)(=O)N3CCCC3)cc2)cc1Cl. The molecule has 1 aliphatic heterocycles. The first-order valence-electron chi connectivity index (χ1n) is 8.99. The van der Waals surface area contributed by atoms with Crippen molar-refractivity contribution in [3.8, 4) is 6.07 Å². The van der Waals surface area contributed by atoms with Crippen molar-refractivity contribution in [2.75, 3.05) is 18.4 Å². The van der Waals surface area contributed by atoms with Crippen LogP contribution in [0.1, 0.15) is 30.4 Å². The molecule has 0 saturated carbocycles. The van der Waals surface area contributed by atoms with Crippen LogP contribution in [0.4, 0.5) is 5.69 Å². The van der Waals surface area contributed by atoms with E-state index in [4.69, 9.17) is 16.9 Å². The molecule has 28 heavy (non-hydrogen) atoms. The lowest BCUT2D eigenvalue weighted by Crippen LogP contribution is -2.27. The lowest BCUT2D eigenvalue weighted by atomic mass is 10.1. The Balaban J connectivity index is 1.57. The van der Waals surface area contributed by atoms with Crippen LogP contribution in [0.3, 0.4) is 0 Å². The van der Waals surface area contributed by atoms with E-state index >= 15 is 0 Å². The van der Waals surface area contributed by atoms with Crippen LogP contribution in [0, 0.1) is 11.3 Å². The van der Waals surface area contributed by atoms with Gasteiger partial charge in [-0.3, -0.25) is 4.79 Å². The number of anilines is 1. The highest BCUT2D eigenvalue weighted by Gasteiger charge is 2.26. The zero-order valence-corrected chi connectivity index (χ0v) is 16.8. The Labute approximate surface area is 169 Å². The lowest BCUT2D eigenvalue weighted by Gasteiger charge is -2.15. The largest absolute Gasteiger partial charge is 0.326 e. The van der Waals surface area contributed by atoms with Crippen LogP contribution < -0.4 is 5.32 Å². The first-order chi connectivity index (χ1) is 13.4. The molecule has 1 N–H and O–H groups in total. The number of nitrogens with one attached hydrogen (secondary N) is 1. The van der Waals surface area contributed by atoms with E-state index in [1.165, 1.54) is 10.4 Å². The zero-order valence-electron chi connectivity index (χ0n) is 15.2. The van der Waals surface area contributed by atoms with Gasteiger partial charge in [0, 0.05) is 25.2 Å². The predicted molar refractivity (Wildman–Crippen MR) is 108 cm³/mol. The molecular weight excluding hydrogens is 398 g/mol. The Hall–Kier alpha value is -2.40. The molecule has 1 aliphatic rings. The number of nitrogens with zero attached hydrogens (tertiary/aromatic N) is 2. The van der Waals surface area contributed by atoms with Crippen molar-refractivity contribution in [2.24, 2.45) is 0 Å². The average molecular weight is 418 g/mol. The molecule has 1 saturated heterocycles. The zero-order chi connectivity index (χ0) is 20.1. The van der Waals surface area contributed by atoms with Gasteiger partial charge in [0.15, 0.2) is 0 Å². The molecule has 1 fully saturated rings. The number of benzene rings is 2. The molecule has 1 heterocycles. The molecule has 3 rings (SSSR count). The smallest absolute Gasteiger partial charge is 0.243 e. The van der Waals surface area contributed by atoms with E-state index in [1.807, 2.05) is 6.07 Å². The summed E-state index contributed by atoms with van der Waals surface area (Å²) >= 11 is 5.96. The van der Waals surface area contributed by atoms with Crippen LogP contribution in [-0.2, 0) is 21.2 Å². The van der Waals surface area contributed by atoms with Gasteiger partial charge in [0.2, 0.25) is 15.9 Å². The molecule has 0 atom stereocenters. The molecular formula is C20H20ClN3O3S. The Morgan fingerprint density at radius 2 is 1.82 bits per heavy atom. The van der Waals surface area contributed by atoms with Crippen LogP contribution >= 0.6 is 11.6 Å². The van der Waals surface area contributed by atoms with Gasteiger partial charge in [-0.1, -0.05) is 23.7 Å². The normalized spacial score (nSPS) is 14.6. The summed E-state index contributed by atoms with van der Waals surface area (Å²) in [5.41, 5.74) is 1.76. The van der Waals surface area contributed by atoms with Crippen molar-refractivity contribution < 1.29 is 13.2 Å². The van der Waals surface area contributed by atoms with Gasteiger partial charge in [-0.05, 0) is 55.2 Å². The van der Waals surface area contributed by atoms with E-state index in [0.29, 0.717) is 30.8 Å². The summed E-state index contributed by atoms with van der Waals surface area (Å²) in [5.74, 6) is -0.186. The second-order valence-electron chi connectivity index (χ2n) is 6.61. The summed E-state index contributed by atoms with van der Waals surface area (Å²) in [6.45, 7) is 1.15. The Kier molecular flexibility index (Phi) is 6.35. The number of carbonyl (C=O) groups excluding carboxylic acids is 1. The van der Waals surface area contributed by atoms with E-state index in [9.17, 15) is 13.2 Å². The van der Waals surface area contributed by atoms with Gasteiger partial charge in [0.1, 0.15) is 6.07 Å². The summed E-state index contributed by atoms with van der Waals surface area (Å²) in [4.78, 5) is 12.4. The number of amides is 1. The summed E-state index contributed by atoms with van der Waals surface area (Å²) in [7, 11) is -3.42. The number of aryl methyl sites for hydroxylation is 1. The van der Waals surface area contributed by atoms with Gasteiger partial charge in [-0.15, -0.1) is 0 Å². The highest BCUT2D eigenvalue weighted by atomic mass is 35.5. The van der Waals surface area contributed by atoms with Crippen molar-refractivity contribution in [3.63, 3.8) is 0 Å². The van der Waals surface area contributed by atoms with Gasteiger partial charge < -0.3 is 5.32 Å². The number of carbonyl (C=O) groups is 1. The van der Waals surface area contributed by atoms with E-state index < -0.39 is 10.0 Å². The Bertz CT molecular complexity index is 1010. The predicted octanol–water partition coefficient (Wildman–Crippen LogP) is 3.57. The molecule has 1 amide bonds. The quantitative estimate of drug-likeness (QED) is 0.777. The second kappa shape index (κ2) is 8.74. The standard InChI is InChI=1S/C20H20ClN3O3S/c21-19-13-17(7-6-16(19)14-22)23-20(25)10-5-15-3-8-18(9-4-15)28(26,27)24-11-1-2-12-24/h3-4,6-9,13H,1-2,5,10-12H2,(H,23,25). The minimum absolute atomic E-state index is 0.186. The van der Waals surface area contributed by atoms with Crippen LogP contribution in [0.2, 0.25) is 5.02 Å². The van der Waals surface area contributed by atoms with E-state index in [2.05, 4.69) is 5.32 Å².